The maximum absolute atomic E-state index is 12.8. The normalized spacial score (nSPS) is 15.6. The topological polar surface area (TPSA) is 71.4 Å². The van der Waals surface area contributed by atoms with Crippen LogP contribution in [0.15, 0.2) is 47.6 Å². The molecule has 138 valence electrons. The number of fused-ring (bicyclic) bond motifs is 1. The first-order valence-electron chi connectivity index (χ1n) is 8.63. The first-order valence-corrected chi connectivity index (χ1v) is 8.63. The van der Waals surface area contributed by atoms with Gasteiger partial charge in [0.15, 0.2) is 11.5 Å². The molecule has 0 N–H and O–H groups in total. The van der Waals surface area contributed by atoms with Crippen molar-refractivity contribution in [3.63, 3.8) is 0 Å². The quantitative estimate of drug-likeness (QED) is 0.838. The number of benzene rings is 2. The van der Waals surface area contributed by atoms with Crippen molar-refractivity contribution in [3.05, 3.63) is 59.2 Å². The smallest absolute Gasteiger partial charge is 0.347 e. The van der Waals surface area contributed by atoms with E-state index < -0.39 is 6.03 Å². The van der Waals surface area contributed by atoms with E-state index in [9.17, 15) is 9.59 Å². The minimum atomic E-state index is -0.397. The maximum atomic E-state index is 12.8. The second-order valence-corrected chi connectivity index (χ2v) is 6.32. The van der Waals surface area contributed by atoms with E-state index in [1.54, 1.807) is 26.4 Å². The largest absolute Gasteiger partial charge is 0.493 e. The van der Waals surface area contributed by atoms with Crippen LogP contribution in [-0.4, -0.2) is 48.3 Å². The highest BCUT2D eigenvalue weighted by atomic mass is 16.5. The minimum Gasteiger partial charge on any atom is -0.493 e. The van der Waals surface area contributed by atoms with Crippen molar-refractivity contribution < 1.29 is 19.1 Å². The number of nitrogens with zero attached hydrogens (tertiary/aromatic N) is 3. The van der Waals surface area contributed by atoms with Crippen LogP contribution in [0.2, 0.25) is 0 Å². The third-order valence-electron chi connectivity index (χ3n) is 4.79. The number of imide groups is 1. The van der Waals surface area contributed by atoms with Gasteiger partial charge in [-0.2, -0.15) is 5.10 Å². The molecule has 2 aliphatic rings. The predicted molar refractivity (Wildman–Crippen MR) is 99.1 cm³/mol. The van der Waals surface area contributed by atoms with Crippen LogP contribution in [0.1, 0.15) is 27.9 Å². The molecule has 0 unspecified atom stereocenters. The van der Waals surface area contributed by atoms with Crippen molar-refractivity contribution in [2.45, 2.75) is 13.0 Å². The molecular weight excluding hydrogens is 346 g/mol. The lowest BCUT2D eigenvalue weighted by molar-refractivity contribution is 0.0785. The van der Waals surface area contributed by atoms with E-state index in [1.165, 1.54) is 9.91 Å². The summed E-state index contributed by atoms with van der Waals surface area (Å²) in [6, 6.07) is 12.4. The Morgan fingerprint density at radius 1 is 1.07 bits per heavy atom. The average molecular weight is 365 g/mol. The molecule has 7 heteroatoms. The van der Waals surface area contributed by atoms with Gasteiger partial charge < -0.3 is 9.47 Å². The van der Waals surface area contributed by atoms with Gasteiger partial charge in [0.25, 0.3) is 5.91 Å². The van der Waals surface area contributed by atoms with Gasteiger partial charge in [-0.3, -0.25) is 9.69 Å². The summed E-state index contributed by atoms with van der Waals surface area (Å²) in [5, 5.41) is 5.80. The summed E-state index contributed by atoms with van der Waals surface area (Å²) in [5.74, 6) is 0.964. The molecule has 0 saturated heterocycles. The number of hydrazone groups is 1. The van der Waals surface area contributed by atoms with E-state index in [1.807, 2.05) is 30.3 Å². The van der Waals surface area contributed by atoms with Crippen LogP contribution in [0.4, 0.5) is 4.79 Å². The number of urea groups is 1. The number of carbonyl (C=O) groups is 2. The molecule has 2 heterocycles. The highest BCUT2D eigenvalue weighted by molar-refractivity contribution is 6.09. The number of hydrogen-bond acceptors (Lipinski definition) is 5. The first kappa shape index (κ1) is 17.1. The van der Waals surface area contributed by atoms with E-state index >= 15 is 0 Å². The van der Waals surface area contributed by atoms with Crippen LogP contribution < -0.4 is 9.47 Å². The zero-order valence-corrected chi connectivity index (χ0v) is 15.1. The van der Waals surface area contributed by atoms with E-state index in [0.29, 0.717) is 30.0 Å². The summed E-state index contributed by atoms with van der Waals surface area (Å²) in [6.45, 7) is 0.716. The summed E-state index contributed by atoms with van der Waals surface area (Å²) in [5.41, 5.74) is 3.07. The molecule has 0 aliphatic carbocycles. The van der Waals surface area contributed by atoms with Crippen molar-refractivity contribution in [1.29, 1.82) is 0 Å². The Hall–Kier alpha value is -3.35. The maximum Gasteiger partial charge on any atom is 0.347 e. The molecule has 0 fully saturated rings. The third-order valence-corrected chi connectivity index (χ3v) is 4.79. The zero-order valence-electron chi connectivity index (χ0n) is 15.1. The fraction of sp³-hybridized carbons (Fsp3) is 0.250. The lowest BCUT2D eigenvalue weighted by Crippen LogP contribution is -2.39. The van der Waals surface area contributed by atoms with Crippen molar-refractivity contribution in [1.82, 2.24) is 9.91 Å². The lowest BCUT2D eigenvalue weighted by atomic mass is 10.1. The fourth-order valence-corrected chi connectivity index (χ4v) is 3.36. The summed E-state index contributed by atoms with van der Waals surface area (Å²) in [7, 11) is 3.15. The van der Waals surface area contributed by atoms with E-state index in [-0.39, 0.29) is 12.5 Å². The molecule has 0 bridgehead atoms. The standard InChI is InChI=1S/C20H19N3O4/c1-26-17-8-7-13(11-18(17)27-2)16-9-10-23(21-16)20(25)22-12-14-5-3-4-6-15(14)19(22)24/h3-8,11H,9-10,12H2,1-2H3. The Labute approximate surface area is 156 Å². The average Bonchev–Trinajstić information content (AvgIpc) is 3.32. The van der Waals surface area contributed by atoms with Crippen LogP contribution in [0.5, 0.6) is 11.5 Å². The first-order chi connectivity index (χ1) is 13.1. The Morgan fingerprint density at radius 3 is 2.59 bits per heavy atom. The van der Waals surface area contributed by atoms with Crippen LogP contribution in [-0.2, 0) is 6.54 Å². The number of amides is 3. The third kappa shape index (κ3) is 2.91. The molecular formula is C20H19N3O4. The number of rotatable bonds is 3. The van der Waals surface area contributed by atoms with Crippen molar-refractivity contribution in [2.24, 2.45) is 5.10 Å². The minimum absolute atomic E-state index is 0.273. The van der Waals surface area contributed by atoms with Crippen molar-refractivity contribution >= 4 is 17.6 Å². The monoisotopic (exact) mass is 365 g/mol. The van der Waals surface area contributed by atoms with Gasteiger partial charge in [-0.25, -0.2) is 9.80 Å². The summed E-state index contributed by atoms with van der Waals surface area (Å²) in [4.78, 5) is 26.5. The molecule has 0 aromatic heterocycles. The second kappa shape index (κ2) is 6.75. The van der Waals surface area contributed by atoms with Gasteiger partial charge in [-0.1, -0.05) is 18.2 Å². The van der Waals surface area contributed by atoms with Gasteiger partial charge in [0.1, 0.15) is 0 Å². The Bertz CT molecular complexity index is 954. The summed E-state index contributed by atoms with van der Waals surface area (Å²) >= 11 is 0. The fourth-order valence-electron chi connectivity index (χ4n) is 3.36. The summed E-state index contributed by atoms with van der Waals surface area (Å²) < 4.78 is 10.6. The number of ether oxygens (including phenoxy) is 2. The molecule has 2 aliphatic heterocycles. The van der Waals surface area contributed by atoms with Crippen LogP contribution in [0.3, 0.4) is 0 Å². The number of carbonyl (C=O) groups excluding carboxylic acids is 2. The van der Waals surface area contributed by atoms with Crippen LogP contribution in [0.25, 0.3) is 0 Å². The van der Waals surface area contributed by atoms with Crippen molar-refractivity contribution in [2.75, 3.05) is 20.8 Å². The summed E-state index contributed by atoms with van der Waals surface area (Å²) in [6.07, 6.45) is 0.607. The molecule has 2 aromatic rings. The van der Waals surface area contributed by atoms with Gasteiger partial charge in [0.2, 0.25) is 0 Å². The zero-order chi connectivity index (χ0) is 19.0. The molecule has 0 spiro atoms. The van der Waals surface area contributed by atoms with Crippen LogP contribution >= 0.6 is 0 Å². The van der Waals surface area contributed by atoms with E-state index in [0.717, 1.165) is 16.8 Å². The second-order valence-electron chi connectivity index (χ2n) is 6.32. The molecule has 27 heavy (non-hydrogen) atoms. The number of hydrogen-bond donors (Lipinski definition) is 0. The van der Waals surface area contributed by atoms with Crippen molar-refractivity contribution in [3.8, 4) is 11.5 Å². The Morgan fingerprint density at radius 2 is 1.85 bits per heavy atom. The highest BCUT2D eigenvalue weighted by Gasteiger charge is 2.36. The van der Waals surface area contributed by atoms with Gasteiger partial charge in [-0.05, 0) is 29.8 Å². The van der Waals surface area contributed by atoms with Gasteiger partial charge in [0.05, 0.1) is 33.0 Å². The Balaban J connectivity index is 1.55. The molecule has 2 aromatic carbocycles. The van der Waals surface area contributed by atoms with Crippen LogP contribution in [0, 0.1) is 0 Å². The van der Waals surface area contributed by atoms with Gasteiger partial charge in [-0.15, -0.1) is 0 Å². The predicted octanol–water partition coefficient (Wildman–Crippen LogP) is 2.89. The van der Waals surface area contributed by atoms with Gasteiger partial charge in [0, 0.05) is 17.5 Å². The van der Waals surface area contributed by atoms with E-state index in [4.69, 9.17) is 9.47 Å². The molecule has 7 nitrogen and oxygen atoms in total. The molecule has 0 saturated carbocycles. The highest BCUT2D eigenvalue weighted by Crippen LogP contribution is 2.30. The van der Waals surface area contributed by atoms with E-state index in [2.05, 4.69) is 5.10 Å². The SMILES string of the molecule is COc1ccc(C2=NN(C(=O)N3Cc4ccccc4C3=O)CC2)cc1OC. The lowest BCUT2D eigenvalue weighted by Gasteiger charge is -2.19. The van der Waals surface area contributed by atoms with Gasteiger partial charge >= 0.3 is 6.03 Å². The molecule has 4 rings (SSSR count). The molecule has 0 atom stereocenters. The Kier molecular flexibility index (Phi) is 4.27. The number of methoxy groups -OCH3 is 2. The molecule has 0 radical (unpaired) electrons. The molecule has 3 amide bonds.